The van der Waals surface area contributed by atoms with Gasteiger partial charge in [0.1, 0.15) is 12.4 Å². The zero-order valence-electron chi connectivity index (χ0n) is 13.6. The lowest BCUT2D eigenvalue weighted by molar-refractivity contribution is 0.261. The average Bonchev–Trinajstić information content (AvgIpc) is 2.77. The van der Waals surface area contributed by atoms with Crippen LogP contribution in [0, 0.1) is 5.41 Å². The van der Waals surface area contributed by atoms with Gasteiger partial charge in [0, 0.05) is 13.1 Å². The number of hydrogen-bond acceptors (Lipinski definition) is 5. The fraction of sp³-hybridized carbons (Fsp3) is 0.562. The van der Waals surface area contributed by atoms with Crippen LogP contribution in [0.5, 0.6) is 5.75 Å². The molecular weight excluding hydrogens is 282 g/mol. The molecule has 4 nitrogen and oxygen atoms in total. The average molecular weight is 307 g/mol. The molecular formula is C16H25N3OS. The van der Waals surface area contributed by atoms with Crippen LogP contribution in [0.4, 0.5) is 5.13 Å². The topological polar surface area (TPSA) is 37.4 Å². The van der Waals surface area contributed by atoms with Gasteiger partial charge in [-0.3, -0.25) is 0 Å². The summed E-state index contributed by atoms with van der Waals surface area (Å²) in [6.45, 7) is 9.17. The van der Waals surface area contributed by atoms with Crippen molar-refractivity contribution in [2.45, 2.75) is 20.8 Å². The van der Waals surface area contributed by atoms with Gasteiger partial charge < -0.3 is 15.0 Å². The van der Waals surface area contributed by atoms with Crippen molar-refractivity contribution < 1.29 is 4.74 Å². The van der Waals surface area contributed by atoms with E-state index in [1.165, 1.54) is 0 Å². The zero-order chi connectivity index (χ0) is 15.5. The van der Waals surface area contributed by atoms with Crippen LogP contribution >= 0.6 is 11.3 Å². The summed E-state index contributed by atoms with van der Waals surface area (Å²) in [7, 11) is 4.09. The third kappa shape index (κ3) is 5.17. The van der Waals surface area contributed by atoms with Gasteiger partial charge in [-0.15, -0.1) is 0 Å². The van der Waals surface area contributed by atoms with E-state index in [-0.39, 0.29) is 5.41 Å². The maximum absolute atomic E-state index is 5.77. The van der Waals surface area contributed by atoms with Crippen LogP contribution in [0.1, 0.15) is 20.8 Å². The molecule has 0 fully saturated rings. The largest absolute Gasteiger partial charge is 0.492 e. The van der Waals surface area contributed by atoms with Crippen molar-refractivity contribution >= 4 is 26.7 Å². The van der Waals surface area contributed by atoms with Gasteiger partial charge in [-0.2, -0.15) is 0 Å². The fourth-order valence-corrected chi connectivity index (χ4v) is 2.65. The van der Waals surface area contributed by atoms with Crippen molar-refractivity contribution in [2.24, 2.45) is 5.41 Å². The third-order valence-corrected chi connectivity index (χ3v) is 3.91. The minimum atomic E-state index is 0.248. The number of nitrogens with one attached hydrogen (secondary N) is 1. The highest BCUT2D eigenvalue weighted by Gasteiger charge is 2.11. The molecule has 116 valence electrons. The first-order chi connectivity index (χ1) is 9.83. The SMILES string of the molecule is CN(C)CCOc1ccc2nc(NCC(C)(C)C)sc2c1. The summed E-state index contributed by atoms with van der Waals surface area (Å²) >= 11 is 1.68. The van der Waals surface area contributed by atoms with Gasteiger partial charge in [0.2, 0.25) is 0 Å². The number of rotatable bonds is 6. The predicted octanol–water partition coefficient (Wildman–Crippen LogP) is 3.69. The van der Waals surface area contributed by atoms with Crippen molar-refractivity contribution in [3.63, 3.8) is 0 Å². The first-order valence-electron chi connectivity index (χ1n) is 7.25. The zero-order valence-corrected chi connectivity index (χ0v) is 14.4. The monoisotopic (exact) mass is 307 g/mol. The molecule has 2 rings (SSSR count). The first kappa shape index (κ1) is 16.0. The minimum Gasteiger partial charge on any atom is -0.492 e. The Hall–Kier alpha value is -1.33. The van der Waals surface area contributed by atoms with E-state index in [2.05, 4.69) is 42.0 Å². The molecule has 0 amide bonds. The van der Waals surface area contributed by atoms with Crippen molar-refractivity contribution in [2.75, 3.05) is 39.1 Å². The van der Waals surface area contributed by atoms with Gasteiger partial charge in [-0.25, -0.2) is 4.98 Å². The Labute approximate surface area is 131 Å². The predicted molar refractivity (Wildman–Crippen MR) is 91.6 cm³/mol. The Balaban J connectivity index is 2.02. The molecule has 1 aromatic heterocycles. The highest BCUT2D eigenvalue weighted by atomic mass is 32.1. The van der Waals surface area contributed by atoms with E-state index in [4.69, 9.17) is 4.74 Å². The molecule has 0 aliphatic heterocycles. The summed E-state index contributed by atoms with van der Waals surface area (Å²) in [5.41, 5.74) is 1.27. The molecule has 2 aromatic rings. The number of anilines is 1. The van der Waals surface area contributed by atoms with Gasteiger partial charge in [-0.1, -0.05) is 32.1 Å². The van der Waals surface area contributed by atoms with E-state index in [9.17, 15) is 0 Å². The molecule has 0 aliphatic rings. The van der Waals surface area contributed by atoms with Crippen LogP contribution in [-0.2, 0) is 0 Å². The lowest BCUT2D eigenvalue weighted by Gasteiger charge is -2.17. The Morgan fingerprint density at radius 2 is 2.05 bits per heavy atom. The normalized spacial score (nSPS) is 12.1. The second-order valence-corrected chi connectivity index (χ2v) is 7.75. The minimum absolute atomic E-state index is 0.248. The van der Waals surface area contributed by atoms with Crippen molar-refractivity contribution in [3.05, 3.63) is 18.2 Å². The Bertz CT molecular complexity index is 587. The van der Waals surface area contributed by atoms with Crippen LogP contribution in [0.2, 0.25) is 0 Å². The number of thiazole rings is 1. The van der Waals surface area contributed by atoms with Gasteiger partial charge in [0.25, 0.3) is 0 Å². The highest BCUT2D eigenvalue weighted by Crippen LogP contribution is 2.29. The maximum Gasteiger partial charge on any atom is 0.183 e. The number of aromatic nitrogens is 1. The van der Waals surface area contributed by atoms with Crippen LogP contribution < -0.4 is 10.1 Å². The number of benzene rings is 1. The van der Waals surface area contributed by atoms with Crippen molar-refractivity contribution in [3.8, 4) is 5.75 Å². The van der Waals surface area contributed by atoms with Crippen LogP contribution in [0.25, 0.3) is 10.2 Å². The van der Waals surface area contributed by atoms with E-state index in [1.807, 2.05) is 26.2 Å². The van der Waals surface area contributed by atoms with E-state index in [1.54, 1.807) is 11.3 Å². The number of nitrogens with zero attached hydrogens (tertiary/aromatic N) is 2. The maximum atomic E-state index is 5.77. The molecule has 0 unspecified atom stereocenters. The molecule has 1 aromatic carbocycles. The molecule has 0 bridgehead atoms. The molecule has 0 atom stereocenters. The number of fused-ring (bicyclic) bond motifs is 1. The summed E-state index contributed by atoms with van der Waals surface area (Å²) in [6.07, 6.45) is 0. The summed E-state index contributed by atoms with van der Waals surface area (Å²) < 4.78 is 6.93. The summed E-state index contributed by atoms with van der Waals surface area (Å²) in [5, 5.41) is 4.39. The number of ether oxygens (including phenoxy) is 1. The van der Waals surface area contributed by atoms with E-state index < -0.39 is 0 Å². The molecule has 0 radical (unpaired) electrons. The smallest absolute Gasteiger partial charge is 0.183 e. The number of likely N-dealkylation sites (N-methyl/N-ethyl adjacent to an activating group) is 1. The third-order valence-electron chi connectivity index (χ3n) is 2.94. The molecule has 1 N–H and O–H groups in total. The second kappa shape index (κ2) is 6.62. The lowest BCUT2D eigenvalue weighted by atomic mass is 9.97. The fourth-order valence-electron chi connectivity index (χ4n) is 1.76. The molecule has 0 aliphatic carbocycles. The Kier molecular flexibility index (Phi) is 5.06. The van der Waals surface area contributed by atoms with Gasteiger partial charge in [-0.05, 0) is 37.7 Å². The van der Waals surface area contributed by atoms with E-state index in [0.717, 1.165) is 34.2 Å². The van der Waals surface area contributed by atoms with Crippen molar-refractivity contribution in [1.82, 2.24) is 9.88 Å². The molecule has 5 heteroatoms. The van der Waals surface area contributed by atoms with E-state index >= 15 is 0 Å². The van der Waals surface area contributed by atoms with Gasteiger partial charge >= 0.3 is 0 Å². The Morgan fingerprint density at radius 3 is 2.71 bits per heavy atom. The second-order valence-electron chi connectivity index (χ2n) is 6.71. The molecule has 0 saturated carbocycles. The van der Waals surface area contributed by atoms with Gasteiger partial charge in [0.05, 0.1) is 10.2 Å². The molecule has 0 saturated heterocycles. The first-order valence-corrected chi connectivity index (χ1v) is 8.07. The Morgan fingerprint density at radius 1 is 1.29 bits per heavy atom. The quantitative estimate of drug-likeness (QED) is 0.883. The summed E-state index contributed by atoms with van der Waals surface area (Å²) in [4.78, 5) is 6.72. The summed E-state index contributed by atoms with van der Waals surface area (Å²) in [5.74, 6) is 0.912. The standard InChI is InChI=1S/C16H25N3OS/c1-16(2,3)11-17-15-18-13-7-6-12(10-14(13)21-15)20-9-8-19(4)5/h6-7,10H,8-9,11H2,1-5H3,(H,17,18). The van der Waals surface area contributed by atoms with E-state index in [0.29, 0.717) is 6.61 Å². The van der Waals surface area contributed by atoms with Crippen LogP contribution in [-0.4, -0.2) is 43.7 Å². The highest BCUT2D eigenvalue weighted by molar-refractivity contribution is 7.22. The summed E-state index contributed by atoms with van der Waals surface area (Å²) in [6, 6.07) is 6.09. The van der Waals surface area contributed by atoms with Gasteiger partial charge in [0.15, 0.2) is 5.13 Å². The molecule has 1 heterocycles. The molecule has 21 heavy (non-hydrogen) atoms. The van der Waals surface area contributed by atoms with Crippen molar-refractivity contribution in [1.29, 1.82) is 0 Å². The number of hydrogen-bond donors (Lipinski definition) is 1. The lowest BCUT2D eigenvalue weighted by Crippen LogP contribution is -2.19. The van der Waals surface area contributed by atoms with Crippen LogP contribution in [0.15, 0.2) is 18.2 Å². The molecule has 0 spiro atoms. The van der Waals surface area contributed by atoms with Crippen LogP contribution in [0.3, 0.4) is 0 Å².